The zero-order chi connectivity index (χ0) is 6.91. The third-order valence-electron chi connectivity index (χ3n) is 0.608. The first-order valence-electron chi connectivity index (χ1n) is 1.92. The molecule has 9 heavy (non-hydrogen) atoms. The minimum atomic E-state index is -0.642. The quantitative estimate of drug-likeness (QED) is 0.527. The van der Waals surface area contributed by atoms with Gasteiger partial charge in [-0.2, -0.15) is 0 Å². The molecule has 0 aliphatic carbocycles. The number of nitrogens with zero attached hydrogens (tertiary/aromatic N) is 1. The molecule has 0 fully saturated rings. The van der Waals surface area contributed by atoms with E-state index in [1.165, 1.54) is 4.34 Å². The van der Waals surface area contributed by atoms with Crippen LogP contribution in [0.1, 0.15) is 0 Å². The maximum Gasteiger partial charge on any atom is 0.158 e. The lowest BCUT2D eigenvalue weighted by molar-refractivity contribution is 1.26. The van der Waals surface area contributed by atoms with Crippen LogP contribution in [-0.4, -0.2) is 4.98 Å². The molecule has 6 heteroatoms. The summed E-state index contributed by atoms with van der Waals surface area (Å²) in [5.74, 6) is 0. The second-order valence-corrected chi connectivity index (χ2v) is 30.6. The maximum atomic E-state index is 4.22. The number of rotatable bonds is 1. The summed E-state index contributed by atoms with van der Waals surface area (Å²) < 4.78 is 0.612. The summed E-state index contributed by atoms with van der Waals surface area (Å²) in [4.78, 5) is 4.22. The third kappa shape index (κ3) is 2.95. The molecule has 1 heterocycles. The van der Waals surface area contributed by atoms with Crippen molar-refractivity contribution in [3.05, 3.63) is 11.6 Å². The molecule has 1 nitrogen and oxygen atoms in total. The number of aromatic nitrogens is 1. The van der Waals surface area contributed by atoms with Crippen LogP contribution in [0.2, 0.25) is 0 Å². The summed E-state index contributed by atoms with van der Waals surface area (Å²) in [7, 11) is 0. The molecule has 1 rings (SSSR count). The second-order valence-electron chi connectivity index (χ2n) is 1.20. The lowest BCUT2D eigenvalue weighted by atomic mass is 11.0. The molecule has 52 valence electrons. The fourth-order valence-electron chi connectivity index (χ4n) is 0.325. The van der Waals surface area contributed by atoms with E-state index in [0.717, 1.165) is 0 Å². The van der Waals surface area contributed by atoms with Crippen LogP contribution in [0.15, 0.2) is 15.9 Å². The lowest BCUT2D eigenvalue weighted by Crippen LogP contribution is -1.66. The first-order valence-corrected chi connectivity index (χ1v) is 12.1. The largest absolute Gasteiger partial charge is 0.238 e. The topological polar surface area (TPSA) is 12.9 Å². The standard InChI is InChI=1S/C3H2I3NS2/c4-9(5,6)3-7-1-2-8-3/h1-2H. The van der Waals surface area contributed by atoms with Crippen LogP contribution in [0.3, 0.4) is 0 Å². The molecule has 0 N–H and O–H groups in total. The average molecular weight is 497 g/mol. The molecule has 0 aliphatic heterocycles. The van der Waals surface area contributed by atoms with Crippen molar-refractivity contribution in [2.24, 2.45) is 0 Å². The Morgan fingerprint density at radius 3 is 2.33 bits per heavy atom. The lowest BCUT2D eigenvalue weighted by Gasteiger charge is -2.11. The van der Waals surface area contributed by atoms with Gasteiger partial charge in [0.2, 0.25) is 0 Å². The van der Waals surface area contributed by atoms with Crippen molar-refractivity contribution >= 4 is 76.5 Å². The molecule has 0 unspecified atom stereocenters. The Labute approximate surface area is 95.5 Å². The first-order chi connectivity index (χ1) is 4.11. The predicted molar refractivity (Wildman–Crippen MR) is 70.0 cm³/mol. The van der Waals surface area contributed by atoms with Crippen LogP contribution < -0.4 is 0 Å². The van der Waals surface area contributed by atoms with E-state index in [1.54, 1.807) is 11.3 Å². The van der Waals surface area contributed by atoms with Gasteiger partial charge in [-0.1, -0.05) is 0 Å². The van der Waals surface area contributed by atoms with Crippen molar-refractivity contribution in [2.45, 2.75) is 4.34 Å². The number of halogens is 3. The maximum absolute atomic E-state index is 4.22. The van der Waals surface area contributed by atoms with Crippen LogP contribution in [0, 0.1) is 0 Å². The second kappa shape index (κ2) is 3.72. The van der Waals surface area contributed by atoms with Crippen LogP contribution in [-0.2, 0) is 0 Å². The fraction of sp³-hybridized carbons (Fsp3) is 0. The Kier molecular flexibility index (Phi) is 3.82. The Bertz CT molecular complexity index is 179. The van der Waals surface area contributed by atoms with Crippen LogP contribution in [0.4, 0.5) is 0 Å². The van der Waals surface area contributed by atoms with Gasteiger partial charge in [-0.05, 0) is 1.54 Å². The molecule has 0 spiro atoms. The van der Waals surface area contributed by atoms with Crippen molar-refractivity contribution in [1.82, 2.24) is 4.98 Å². The summed E-state index contributed by atoms with van der Waals surface area (Å²) in [6.07, 6.45) is 1.86. The summed E-state index contributed by atoms with van der Waals surface area (Å²) in [5.41, 5.74) is 0. The molecular formula is C3H2I3NS2. The SMILES string of the molecule is IS(I)(I)c1nccs1. The van der Waals surface area contributed by atoms with E-state index in [4.69, 9.17) is 0 Å². The monoisotopic (exact) mass is 497 g/mol. The highest BCUT2D eigenvalue weighted by Gasteiger charge is 2.16. The Morgan fingerprint density at radius 2 is 2.11 bits per heavy atom. The number of thiazole rings is 1. The van der Waals surface area contributed by atoms with E-state index < -0.39 is 1.54 Å². The van der Waals surface area contributed by atoms with Crippen molar-refractivity contribution in [1.29, 1.82) is 0 Å². The van der Waals surface area contributed by atoms with Gasteiger partial charge < -0.3 is 0 Å². The van der Waals surface area contributed by atoms with Gasteiger partial charge in [0, 0.05) is 75.2 Å². The van der Waals surface area contributed by atoms with Crippen molar-refractivity contribution in [3.8, 4) is 0 Å². The highest BCUT2D eigenvalue weighted by Crippen LogP contribution is 2.76. The normalized spacial score (nSPS) is 13.7. The molecule has 0 amide bonds. The third-order valence-corrected chi connectivity index (χ3v) is 9.16. The predicted octanol–water partition coefficient (Wildman–Crippen LogP) is 4.36. The Hall–Kier alpha value is 2.17. The smallest absolute Gasteiger partial charge is 0.158 e. The van der Waals surface area contributed by atoms with Gasteiger partial charge in [0.1, 0.15) is 0 Å². The molecule has 0 radical (unpaired) electrons. The van der Waals surface area contributed by atoms with Gasteiger partial charge in [0.05, 0.1) is 0 Å². The minimum Gasteiger partial charge on any atom is -0.238 e. The molecule has 1 aromatic rings. The van der Waals surface area contributed by atoms with E-state index in [1.807, 2.05) is 11.6 Å². The molecule has 0 saturated carbocycles. The molecule has 0 aromatic carbocycles. The van der Waals surface area contributed by atoms with Gasteiger partial charge in [-0.25, -0.2) is 4.98 Å². The Morgan fingerprint density at radius 1 is 1.44 bits per heavy atom. The average Bonchev–Trinajstić information content (AvgIpc) is 2.08. The van der Waals surface area contributed by atoms with Gasteiger partial charge in [-0.3, -0.25) is 0 Å². The zero-order valence-corrected chi connectivity index (χ0v) is 12.2. The van der Waals surface area contributed by atoms with E-state index in [2.05, 4.69) is 68.6 Å². The van der Waals surface area contributed by atoms with Crippen molar-refractivity contribution < 1.29 is 0 Å². The van der Waals surface area contributed by atoms with E-state index in [0.29, 0.717) is 0 Å². The first kappa shape index (κ1) is 9.26. The molecular weight excluding hydrogens is 495 g/mol. The Balaban J connectivity index is 2.90. The summed E-state index contributed by atoms with van der Waals surface area (Å²) in [6, 6.07) is 0. The van der Waals surface area contributed by atoms with Gasteiger partial charge in [-0.15, -0.1) is 11.3 Å². The summed E-state index contributed by atoms with van der Waals surface area (Å²) >= 11 is 9.06. The molecule has 0 saturated heterocycles. The summed E-state index contributed by atoms with van der Waals surface area (Å²) in [5, 5.41) is 2.02. The minimum absolute atomic E-state index is 0.642. The van der Waals surface area contributed by atoms with E-state index >= 15 is 0 Å². The molecule has 0 aliphatic rings. The van der Waals surface area contributed by atoms with Crippen molar-refractivity contribution in [2.75, 3.05) is 0 Å². The van der Waals surface area contributed by atoms with Crippen LogP contribution in [0.5, 0.6) is 0 Å². The highest BCUT2D eigenvalue weighted by atomic mass is 127. The molecule has 0 atom stereocenters. The van der Waals surface area contributed by atoms with Crippen molar-refractivity contribution in [3.63, 3.8) is 0 Å². The van der Waals surface area contributed by atoms with Gasteiger partial charge >= 0.3 is 0 Å². The van der Waals surface area contributed by atoms with E-state index in [9.17, 15) is 0 Å². The van der Waals surface area contributed by atoms with Gasteiger partial charge in [0.15, 0.2) is 4.34 Å². The zero-order valence-electron chi connectivity index (χ0n) is 4.05. The fourth-order valence-corrected chi connectivity index (χ4v) is 5.29. The molecule has 1 aromatic heterocycles. The van der Waals surface area contributed by atoms with Crippen LogP contribution in [0.25, 0.3) is 0 Å². The highest BCUT2D eigenvalue weighted by molar-refractivity contribution is 14.5. The number of hydrogen-bond acceptors (Lipinski definition) is 2. The van der Waals surface area contributed by atoms with Crippen LogP contribution >= 0.6 is 76.5 Å². The molecule has 0 bridgehead atoms. The summed E-state index contributed by atoms with van der Waals surface area (Å²) in [6.45, 7) is 0. The number of hydrogen-bond donors (Lipinski definition) is 0. The van der Waals surface area contributed by atoms with Gasteiger partial charge in [0.25, 0.3) is 0 Å². The van der Waals surface area contributed by atoms with E-state index in [-0.39, 0.29) is 0 Å².